The standard InChI is InChI=1S/C33H32Cl2FN3O5S/c1-3-44-28-15-13-27(14-16-28)39(45(42,43)29-17-11-26(36)12-18-29)22-32(40)38(21-24-9-10-25(34)20-30(24)35)31(33(41)37-2)19-23-7-5-4-6-8-23/h4-18,20,31H,3,19,21-22H2,1-2H3,(H,37,41). The van der Waals surface area contributed by atoms with Crippen LogP contribution in [0, 0.1) is 5.82 Å². The summed E-state index contributed by atoms with van der Waals surface area (Å²) in [4.78, 5) is 28.8. The highest BCUT2D eigenvalue weighted by Crippen LogP contribution is 2.28. The molecule has 1 atom stereocenters. The number of hydrogen-bond donors (Lipinski definition) is 1. The van der Waals surface area contributed by atoms with Crippen LogP contribution in [0.1, 0.15) is 18.1 Å². The topological polar surface area (TPSA) is 96.0 Å². The van der Waals surface area contributed by atoms with E-state index in [-0.39, 0.29) is 28.6 Å². The predicted molar refractivity (Wildman–Crippen MR) is 174 cm³/mol. The van der Waals surface area contributed by atoms with E-state index in [2.05, 4.69) is 5.32 Å². The Morgan fingerprint density at radius 2 is 1.60 bits per heavy atom. The lowest BCUT2D eigenvalue weighted by Crippen LogP contribution is -2.53. The second-order valence-corrected chi connectivity index (χ2v) is 12.7. The fourth-order valence-electron chi connectivity index (χ4n) is 4.69. The quantitative estimate of drug-likeness (QED) is 0.185. The van der Waals surface area contributed by atoms with Crippen LogP contribution >= 0.6 is 23.2 Å². The number of ether oxygens (including phenoxy) is 1. The minimum absolute atomic E-state index is 0.118. The molecule has 2 amide bonds. The molecule has 8 nitrogen and oxygen atoms in total. The molecule has 4 aromatic carbocycles. The van der Waals surface area contributed by atoms with Gasteiger partial charge in [0.1, 0.15) is 24.2 Å². The molecule has 0 aliphatic heterocycles. The normalized spacial score (nSPS) is 11.8. The average molecular weight is 673 g/mol. The number of sulfonamides is 1. The number of benzene rings is 4. The zero-order valence-electron chi connectivity index (χ0n) is 24.6. The number of nitrogens with zero attached hydrogens (tertiary/aromatic N) is 2. The van der Waals surface area contributed by atoms with Gasteiger partial charge in [-0.05, 0) is 78.7 Å². The Morgan fingerprint density at radius 3 is 2.20 bits per heavy atom. The van der Waals surface area contributed by atoms with Gasteiger partial charge < -0.3 is 15.0 Å². The first-order valence-electron chi connectivity index (χ1n) is 14.0. The third-order valence-electron chi connectivity index (χ3n) is 6.99. The highest BCUT2D eigenvalue weighted by atomic mass is 35.5. The molecule has 0 radical (unpaired) electrons. The molecule has 4 rings (SSSR count). The number of carbonyl (C=O) groups excluding carboxylic acids is 2. The fourth-order valence-corrected chi connectivity index (χ4v) is 6.57. The average Bonchev–Trinajstić information content (AvgIpc) is 3.03. The molecule has 0 saturated carbocycles. The van der Waals surface area contributed by atoms with E-state index in [0.717, 1.165) is 34.1 Å². The lowest BCUT2D eigenvalue weighted by Gasteiger charge is -2.33. The summed E-state index contributed by atoms with van der Waals surface area (Å²) in [7, 11) is -2.93. The Bertz CT molecular complexity index is 1720. The molecule has 1 unspecified atom stereocenters. The molecule has 0 saturated heterocycles. The summed E-state index contributed by atoms with van der Waals surface area (Å²) in [5.74, 6) is -1.23. The molecule has 45 heavy (non-hydrogen) atoms. The van der Waals surface area contributed by atoms with Crippen molar-refractivity contribution in [1.82, 2.24) is 10.2 Å². The van der Waals surface area contributed by atoms with Crippen molar-refractivity contribution in [1.29, 1.82) is 0 Å². The molecular weight excluding hydrogens is 640 g/mol. The summed E-state index contributed by atoms with van der Waals surface area (Å²) in [6.07, 6.45) is 0.144. The first-order chi connectivity index (χ1) is 21.5. The van der Waals surface area contributed by atoms with Crippen LogP contribution in [0.4, 0.5) is 10.1 Å². The maximum absolute atomic E-state index is 14.3. The monoisotopic (exact) mass is 671 g/mol. The zero-order valence-corrected chi connectivity index (χ0v) is 26.9. The minimum Gasteiger partial charge on any atom is -0.494 e. The smallest absolute Gasteiger partial charge is 0.264 e. The van der Waals surface area contributed by atoms with Crippen LogP contribution in [0.5, 0.6) is 5.75 Å². The summed E-state index contributed by atoms with van der Waals surface area (Å²) in [5, 5.41) is 3.29. The lowest BCUT2D eigenvalue weighted by atomic mass is 10.0. The molecule has 0 aliphatic carbocycles. The van der Waals surface area contributed by atoms with Crippen molar-refractivity contribution in [2.75, 3.05) is 24.5 Å². The van der Waals surface area contributed by atoms with Crippen LogP contribution in [0.3, 0.4) is 0 Å². The van der Waals surface area contributed by atoms with Crippen molar-refractivity contribution in [2.45, 2.75) is 30.8 Å². The van der Waals surface area contributed by atoms with Gasteiger partial charge in [0.05, 0.1) is 17.2 Å². The van der Waals surface area contributed by atoms with E-state index in [1.54, 1.807) is 24.3 Å². The number of rotatable bonds is 13. The number of nitrogens with one attached hydrogen (secondary N) is 1. The summed E-state index contributed by atoms with van der Waals surface area (Å²) in [6.45, 7) is 1.42. The Kier molecular flexibility index (Phi) is 11.4. The Hall–Kier alpha value is -4.12. The van der Waals surface area contributed by atoms with Gasteiger partial charge in [-0.25, -0.2) is 12.8 Å². The van der Waals surface area contributed by atoms with E-state index < -0.39 is 40.2 Å². The highest BCUT2D eigenvalue weighted by Gasteiger charge is 2.34. The zero-order chi connectivity index (χ0) is 32.6. The first-order valence-corrected chi connectivity index (χ1v) is 16.2. The van der Waals surface area contributed by atoms with Gasteiger partial charge in [-0.3, -0.25) is 13.9 Å². The largest absolute Gasteiger partial charge is 0.494 e. The van der Waals surface area contributed by atoms with E-state index in [0.29, 0.717) is 22.9 Å². The second kappa shape index (κ2) is 15.2. The minimum atomic E-state index is -4.39. The van der Waals surface area contributed by atoms with Crippen molar-refractivity contribution < 1.29 is 27.1 Å². The Morgan fingerprint density at radius 1 is 0.933 bits per heavy atom. The molecule has 0 spiro atoms. The second-order valence-electron chi connectivity index (χ2n) is 9.97. The van der Waals surface area contributed by atoms with Gasteiger partial charge in [-0.1, -0.05) is 59.6 Å². The summed E-state index contributed by atoms with van der Waals surface area (Å²) >= 11 is 12.6. The Labute approximate surface area is 272 Å². The predicted octanol–water partition coefficient (Wildman–Crippen LogP) is 6.11. The molecule has 0 heterocycles. The molecule has 4 aromatic rings. The molecule has 0 aliphatic rings. The number of carbonyl (C=O) groups is 2. The fraction of sp³-hybridized carbons (Fsp3) is 0.212. The summed E-state index contributed by atoms with van der Waals surface area (Å²) in [5.41, 5.74) is 1.46. The number of halogens is 3. The van der Waals surface area contributed by atoms with Crippen molar-refractivity contribution >= 4 is 50.7 Å². The van der Waals surface area contributed by atoms with E-state index in [1.165, 1.54) is 30.1 Å². The van der Waals surface area contributed by atoms with E-state index >= 15 is 0 Å². The van der Waals surface area contributed by atoms with Crippen LogP contribution in [0.15, 0.2) is 102 Å². The van der Waals surface area contributed by atoms with Gasteiger partial charge in [0.2, 0.25) is 11.8 Å². The van der Waals surface area contributed by atoms with Crippen LogP contribution in [-0.4, -0.2) is 51.4 Å². The van der Waals surface area contributed by atoms with Crippen molar-refractivity contribution in [3.8, 4) is 5.75 Å². The van der Waals surface area contributed by atoms with Gasteiger partial charge in [0.25, 0.3) is 10.0 Å². The maximum atomic E-state index is 14.3. The van der Waals surface area contributed by atoms with E-state index in [9.17, 15) is 22.4 Å². The number of amides is 2. The van der Waals surface area contributed by atoms with Crippen LogP contribution in [0.2, 0.25) is 10.0 Å². The molecule has 1 N–H and O–H groups in total. The van der Waals surface area contributed by atoms with E-state index in [1.807, 2.05) is 37.3 Å². The van der Waals surface area contributed by atoms with Crippen LogP contribution < -0.4 is 14.4 Å². The maximum Gasteiger partial charge on any atom is 0.264 e. The van der Waals surface area contributed by atoms with Gasteiger partial charge >= 0.3 is 0 Å². The molecule has 0 aromatic heterocycles. The number of likely N-dealkylation sites (N-methyl/N-ethyl adjacent to an activating group) is 1. The Balaban J connectivity index is 1.80. The third kappa shape index (κ3) is 8.54. The van der Waals surface area contributed by atoms with Crippen LogP contribution in [-0.2, 0) is 32.6 Å². The van der Waals surface area contributed by atoms with Gasteiger partial charge in [0.15, 0.2) is 0 Å². The van der Waals surface area contributed by atoms with Gasteiger partial charge in [-0.2, -0.15) is 0 Å². The first kappa shape index (κ1) is 33.8. The third-order valence-corrected chi connectivity index (χ3v) is 9.36. The van der Waals surface area contributed by atoms with Crippen molar-refractivity contribution in [2.24, 2.45) is 0 Å². The number of anilines is 1. The molecule has 0 bridgehead atoms. The summed E-state index contributed by atoms with van der Waals surface area (Å²) < 4.78 is 48.2. The highest BCUT2D eigenvalue weighted by molar-refractivity contribution is 7.92. The SMILES string of the molecule is CCOc1ccc(N(CC(=O)N(Cc2ccc(Cl)cc2Cl)C(Cc2ccccc2)C(=O)NC)S(=O)(=O)c2ccc(F)cc2)cc1. The summed E-state index contributed by atoms with van der Waals surface area (Å²) in [6, 6.07) is 23.4. The lowest BCUT2D eigenvalue weighted by molar-refractivity contribution is -0.139. The van der Waals surface area contributed by atoms with Crippen LogP contribution in [0.25, 0.3) is 0 Å². The molecule has 0 fully saturated rings. The molecule has 12 heteroatoms. The van der Waals surface area contributed by atoms with Gasteiger partial charge in [-0.15, -0.1) is 0 Å². The molecule has 236 valence electrons. The molecular formula is C33H32Cl2FN3O5S. The van der Waals surface area contributed by atoms with Crippen molar-refractivity contribution in [3.63, 3.8) is 0 Å². The van der Waals surface area contributed by atoms with Gasteiger partial charge in [0, 0.05) is 30.1 Å². The van der Waals surface area contributed by atoms with Crippen molar-refractivity contribution in [3.05, 3.63) is 124 Å². The number of hydrogen-bond acceptors (Lipinski definition) is 5. The van der Waals surface area contributed by atoms with E-state index in [4.69, 9.17) is 27.9 Å².